The first kappa shape index (κ1) is 13.1. The van der Waals surface area contributed by atoms with Gasteiger partial charge in [-0.05, 0) is 24.5 Å². The number of hydrogen-bond acceptors (Lipinski definition) is 3. The maximum Gasteiger partial charge on any atom is 0.224 e. The van der Waals surface area contributed by atoms with E-state index in [1.807, 2.05) is 30.5 Å². The Bertz CT molecular complexity index is 818. The van der Waals surface area contributed by atoms with E-state index in [2.05, 4.69) is 15.5 Å². The fourth-order valence-corrected chi connectivity index (χ4v) is 3.15. The van der Waals surface area contributed by atoms with Gasteiger partial charge in [0.25, 0.3) is 0 Å². The lowest BCUT2D eigenvalue weighted by molar-refractivity contribution is -0.121. The van der Waals surface area contributed by atoms with Crippen molar-refractivity contribution in [1.82, 2.24) is 15.5 Å². The van der Waals surface area contributed by atoms with Crippen molar-refractivity contribution in [1.29, 1.82) is 0 Å². The summed E-state index contributed by atoms with van der Waals surface area (Å²) in [6, 6.07) is 7.97. The summed E-state index contributed by atoms with van der Waals surface area (Å²) in [7, 11) is 0. The minimum absolute atomic E-state index is 0.0412. The molecule has 4 rings (SSSR count). The van der Waals surface area contributed by atoms with Crippen LogP contribution in [0.1, 0.15) is 23.2 Å². The summed E-state index contributed by atoms with van der Waals surface area (Å²) in [5.41, 5.74) is 4.17. The Morgan fingerprint density at radius 1 is 1.41 bits per heavy atom. The van der Waals surface area contributed by atoms with E-state index in [0.29, 0.717) is 6.42 Å². The van der Waals surface area contributed by atoms with Crippen LogP contribution in [-0.2, 0) is 24.1 Å². The molecule has 0 saturated carbocycles. The van der Waals surface area contributed by atoms with Crippen molar-refractivity contribution >= 4 is 16.9 Å². The minimum atomic E-state index is 0.0412. The average molecular weight is 295 g/mol. The number of para-hydroxylation sites is 1. The van der Waals surface area contributed by atoms with E-state index in [9.17, 15) is 4.79 Å². The number of H-pyrrole nitrogens is 1. The Balaban J connectivity index is 1.43. The molecule has 1 aromatic carbocycles. The molecule has 1 aliphatic rings. The van der Waals surface area contributed by atoms with Crippen LogP contribution in [0.5, 0.6) is 0 Å². The number of aromatic nitrogens is 2. The van der Waals surface area contributed by atoms with Crippen molar-refractivity contribution in [2.45, 2.75) is 31.7 Å². The highest BCUT2D eigenvalue weighted by Gasteiger charge is 2.22. The van der Waals surface area contributed by atoms with Gasteiger partial charge in [-0.15, -0.1) is 0 Å². The van der Waals surface area contributed by atoms with Gasteiger partial charge < -0.3 is 9.73 Å². The van der Waals surface area contributed by atoms with Gasteiger partial charge in [0.05, 0.1) is 18.9 Å². The third kappa shape index (κ3) is 2.39. The maximum atomic E-state index is 12.3. The first-order valence-corrected chi connectivity index (χ1v) is 7.55. The molecule has 0 fully saturated rings. The summed E-state index contributed by atoms with van der Waals surface area (Å²) in [6.45, 7) is 0. The molecular formula is C17H17N3O2. The van der Waals surface area contributed by atoms with Crippen LogP contribution in [0.15, 0.2) is 41.1 Å². The van der Waals surface area contributed by atoms with Gasteiger partial charge in [0.1, 0.15) is 5.58 Å². The highest BCUT2D eigenvalue weighted by atomic mass is 16.3. The molecule has 3 aromatic rings. The standard InChI is InChI=1S/C17H17N3O2/c21-17(7-12-10-22-16-4-2-1-3-14(12)16)19-13-6-5-11-9-18-20-15(11)8-13/h1-4,9-10,13H,5-8H2,(H,18,20)(H,19,21). The third-order valence-corrected chi connectivity index (χ3v) is 4.30. The second kappa shape index (κ2) is 5.33. The van der Waals surface area contributed by atoms with E-state index >= 15 is 0 Å². The number of amides is 1. The first-order valence-electron chi connectivity index (χ1n) is 7.55. The Hall–Kier alpha value is -2.56. The predicted molar refractivity (Wildman–Crippen MR) is 82.5 cm³/mol. The van der Waals surface area contributed by atoms with Crippen molar-refractivity contribution in [3.8, 4) is 0 Å². The molecule has 1 aliphatic carbocycles. The molecule has 0 spiro atoms. The van der Waals surface area contributed by atoms with E-state index in [0.717, 1.165) is 41.5 Å². The highest BCUT2D eigenvalue weighted by molar-refractivity contribution is 5.87. The fraction of sp³-hybridized carbons (Fsp3) is 0.294. The third-order valence-electron chi connectivity index (χ3n) is 4.30. The zero-order chi connectivity index (χ0) is 14.9. The van der Waals surface area contributed by atoms with Crippen LogP contribution in [0.3, 0.4) is 0 Å². The molecule has 2 heterocycles. The number of rotatable bonds is 3. The highest BCUT2D eigenvalue weighted by Crippen LogP contribution is 2.22. The summed E-state index contributed by atoms with van der Waals surface area (Å²) in [5.74, 6) is 0.0412. The molecule has 2 aromatic heterocycles. The zero-order valence-corrected chi connectivity index (χ0v) is 12.1. The van der Waals surface area contributed by atoms with E-state index in [4.69, 9.17) is 4.42 Å². The number of fused-ring (bicyclic) bond motifs is 2. The molecule has 5 nitrogen and oxygen atoms in total. The molecule has 0 saturated heterocycles. The van der Waals surface area contributed by atoms with Crippen LogP contribution in [0.4, 0.5) is 0 Å². The lowest BCUT2D eigenvalue weighted by Gasteiger charge is -2.22. The Labute approximate surface area is 127 Å². The number of nitrogens with one attached hydrogen (secondary N) is 2. The first-order chi connectivity index (χ1) is 10.8. The fourth-order valence-electron chi connectivity index (χ4n) is 3.15. The zero-order valence-electron chi connectivity index (χ0n) is 12.1. The second-order valence-corrected chi connectivity index (χ2v) is 5.81. The number of benzene rings is 1. The topological polar surface area (TPSA) is 70.9 Å². The van der Waals surface area contributed by atoms with Crippen LogP contribution in [0, 0.1) is 0 Å². The van der Waals surface area contributed by atoms with E-state index in [1.165, 1.54) is 5.56 Å². The Morgan fingerprint density at radius 2 is 2.32 bits per heavy atom. The van der Waals surface area contributed by atoms with E-state index in [-0.39, 0.29) is 11.9 Å². The lowest BCUT2D eigenvalue weighted by Crippen LogP contribution is -2.39. The summed E-state index contributed by atoms with van der Waals surface area (Å²) in [5, 5.41) is 11.2. The summed E-state index contributed by atoms with van der Waals surface area (Å²) >= 11 is 0. The quantitative estimate of drug-likeness (QED) is 0.779. The SMILES string of the molecule is O=C(Cc1coc2ccccc12)NC1CCc2cn[nH]c2C1. The summed E-state index contributed by atoms with van der Waals surface area (Å²) in [6.07, 6.45) is 6.66. The molecule has 2 N–H and O–H groups in total. The maximum absolute atomic E-state index is 12.3. The lowest BCUT2D eigenvalue weighted by atomic mass is 9.93. The van der Waals surface area contributed by atoms with Crippen molar-refractivity contribution in [3.05, 3.63) is 53.5 Å². The largest absolute Gasteiger partial charge is 0.464 e. The van der Waals surface area contributed by atoms with E-state index < -0.39 is 0 Å². The van der Waals surface area contributed by atoms with Gasteiger partial charge in [0, 0.05) is 29.1 Å². The number of aryl methyl sites for hydroxylation is 1. The predicted octanol–water partition coefficient (Wildman–Crippen LogP) is 2.37. The molecule has 1 unspecified atom stereocenters. The van der Waals surface area contributed by atoms with Gasteiger partial charge in [-0.2, -0.15) is 5.10 Å². The molecule has 1 amide bonds. The van der Waals surface area contributed by atoms with Crippen molar-refractivity contribution in [2.75, 3.05) is 0 Å². The monoisotopic (exact) mass is 295 g/mol. The van der Waals surface area contributed by atoms with Crippen LogP contribution in [-0.4, -0.2) is 22.1 Å². The normalized spacial score (nSPS) is 17.4. The number of aromatic amines is 1. The molecule has 1 atom stereocenters. The molecule has 0 radical (unpaired) electrons. The molecule has 22 heavy (non-hydrogen) atoms. The van der Waals surface area contributed by atoms with Crippen LogP contribution in [0.25, 0.3) is 11.0 Å². The minimum Gasteiger partial charge on any atom is -0.464 e. The number of hydrogen-bond donors (Lipinski definition) is 2. The van der Waals surface area contributed by atoms with Gasteiger partial charge >= 0.3 is 0 Å². The molecular weight excluding hydrogens is 278 g/mol. The summed E-state index contributed by atoms with van der Waals surface area (Å²) < 4.78 is 5.48. The Kier molecular flexibility index (Phi) is 3.18. The van der Waals surface area contributed by atoms with Gasteiger partial charge in [0.2, 0.25) is 5.91 Å². The molecule has 0 aliphatic heterocycles. The number of carbonyl (C=O) groups is 1. The van der Waals surface area contributed by atoms with Crippen LogP contribution < -0.4 is 5.32 Å². The van der Waals surface area contributed by atoms with E-state index in [1.54, 1.807) is 6.26 Å². The Morgan fingerprint density at radius 3 is 3.27 bits per heavy atom. The van der Waals surface area contributed by atoms with Gasteiger partial charge in [-0.1, -0.05) is 18.2 Å². The smallest absolute Gasteiger partial charge is 0.224 e. The van der Waals surface area contributed by atoms with Gasteiger partial charge in [0.15, 0.2) is 0 Å². The average Bonchev–Trinajstić information content (AvgIpc) is 3.14. The van der Waals surface area contributed by atoms with Crippen LogP contribution >= 0.6 is 0 Å². The van der Waals surface area contributed by atoms with Crippen LogP contribution in [0.2, 0.25) is 0 Å². The number of furan rings is 1. The van der Waals surface area contributed by atoms with Gasteiger partial charge in [-0.25, -0.2) is 0 Å². The summed E-state index contributed by atoms with van der Waals surface area (Å²) in [4.78, 5) is 12.3. The van der Waals surface area contributed by atoms with Crippen molar-refractivity contribution in [3.63, 3.8) is 0 Å². The molecule has 112 valence electrons. The van der Waals surface area contributed by atoms with Crippen molar-refractivity contribution in [2.24, 2.45) is 0 Å². The molecule has 0 bridgehead atoms. The number of carbonyl (C=O) groups excluding carboxylic acids is 1. The molecule has 5 heteroatoms. The van der Waals surface area contributed by atoms with Gasteiger partial charge in [-0.3, -0.25) is 9.89 Å². The second-order valence-electron chi connectivity index (χ2n) is 5.81. The number of nitrogens with zero attached hydrogens (tertiary/aromatic N) is 1. The van der Waals surface area contributed by atoms with Crippen molar-refractivity contribution < 1.29 is 9.21 Å².